The van der Waals surface area contributed by atoms with Crippen molar-refractivity contribution in [2.24, 2.45) is 5.41 Å². The largest absolute Gasteiger partial charge is 0.478 e. The monoisotopic (exact) mass is 275 g/mol. The molecule has 0 atom stereocenters. The smallest absolute Gasteiger partial charge is 0.337 e. The van der Waals surface area contributed by atoms with Crippen molar-refractivity contribution in [2.75, 3.05) is 13.7 Å². The van der Waals surface area contributed by atoms with Crippen LogP contribution in [0.2, 0.25) is 0 Å². The fourth-order valence-electron chi connectivity index (χ4n) is 2.61. The zero-order valence-electron chi connectivity index (χ0n) is 11.4. The Kier molecular flexibility index (Phi) is 3.17. The predicted octanol–water partition coefficient (Wildman–Crippen LogP) is 1.95. The lowest BCUT2D eigenvalue weighted by atomic mass is 10.0. The highest BCUT2D eigenvalue weighted by molar-refractivity contribution is 6.00. The SMILES string of the molecule is COCCC1(Cn2nnc3cccc(C(=O)O)c32)CC1. The summed E-state index contributed by atoms with van der Waals surface area (Å²) in [6.45, 7) is 1.43. The lowest BCUT2D eigenvalue weighted by molar-refractivity contribution is 0.0698. The Labute approximate surface area is 116 Å². The molecule has 1 N–H and O–H groups in total. The number of nitrogens with zero attached hydrogens (tertiary/aromatic N) is 3. The van der Waals surface area contributed by atoms with Crippen molar-refractivity contribution in [1.29, 1.82) is 0 Å². The van der Waals surface area contributed by atoms with Crippen LogP contribution in [0.25, 0.3) is 11.0 Å². The Balaban J connectivity index is 1.94. The van der Waals surface area contributed by atoms with Gasteiger partial charge in [-0.05, 0) is 36.8 Å². The highest BCUT2D eigenvalue weighted by atomic mass is 16.5. The molecule has 0 unspecified atom stereocenters. The van der Waals surface area contributed by atoms with Gasteiger partial charge in [0.25, 0.3) is 0 Å². The third kappa shape index (κ3) is 2.27. The number of para-hydroxylation sites is 1. The van der Waals surface area contributed by atoms with Crippen molar-refractivity contribution < 1.29 is 14.6 Å². The Morgan fingerprint density at radius 1 is 1.50 bits per heavy atom. The molecule has 1 fully saturated rings. The van der Waals surface area contributed by atoms with Gasteiger partial charge in [0.1, 0.15) is 11.0 Å². The number of carbonyl (C=O) groups is 1. The Hall–Kier alpha value is -1.95. The van der Waals surface area contributed by atoms with E-state index in [9.17, 15) is 9.90 Å². The molecule has 1 aromatic heterocycles. The van der Waals surface area contributed by atoms with Gasteiger partial charge in [0.15, 0.2) is 0 Å². The third-order valence-electron chi connectivity index (χ3n) is 4.04. The number of aromatic carboxylic acids is 1. The van der Waals surface area contributed by atoms with Gasteiger partial charge in [-0.25, -0.2) is 9.48 Å². The molecule has 106 valence electrons. The van der Waals surface area contributed by atoms with E-state index in [1.54, 1.807) is 30.0 Å². The fraction of sp³-hybridized carbons (Fsp3) is 0.500. The molecule has 0 aliphatic heterocycles. The number of carboxylic acid groups (broad SMARTS) is 1. The minimum absolute atomic E-state index is 0.197. The van der Waals surface area contributed by atoms with Crippen molar-refractivity contribution in [1.82, 2.24) is 15.0 Å². The normalized spacial score (nSPS) is 16.4. The fourth-order valence-corrected chi connectivity index (χ4v) is 2.61. The molecule has 1 aliphatic rings. The zero-order chi connectivity index (χ0) is 14.2. The van der Waals surface area contributed by atoms with E-state index in [0.29, 0.717) is 17.6 Å². The standard InChI is InChI=1S/C14H17N3O3/c1-20-8-7-14(5-6-14)9-17-12-10(13(18)19)3-2-4-11(12)15-16-17/h2-4H,5-9H2,1H3,(H,18,19). The number of rotatable bonds is 6. The average Bonchev–Trinajstić information content (AvgIpc) is 3.09. The number of hydrogen-bond acceptors (Lipinski definition) is 4. The second-order valence-corrected chi connectivity index (χ2v) is 5.47. The number of methoxy groups -OCH3 is 1. The third-order valence-corrected chi connectivity index (χ3v) is 4.04. The summed E-state index contributed by atoms with van der Waals surface area (Å²) < 4.78 is 6.88. The van der Waals surface area contributed by atoms with Crippen LogP contribution in [0.15, 0.2) is 18.2 Å². The predicted molar refractivity (Wildman–Crippen MR) is 72.6 cm³/mol. The van der Waals surface area contributed by atoms with Gasteiger partial charge in [-0.1, -0.05) is 11.3 Å². The van der Waals surface area contributed by atoms with Crippen LogP contribution in [0.5, 0.6) is 0 Å². The number of benzene rings is 1. The van der Waals surface area contributed by atoms with E-state index in [1.807, 2.05) is 0 Å². The van der Waals surface area contributed by atoms with E-state index < -0.39 is 5.97 Å². The molecule has 6 heteroatoms. The summed E-state index contributed by atoms with van der Waals surface area (Å²) in [5, 5.41) is 17.5. The first-order valence-electron chi connectivity index (χ1n) is 6.70. The summed E-state index contributed by atoms with van der Waals surface area (Å²) >= 11 is 0. The second kappa shape index (κ2) is 4.86. The highest BCUT2D eigenvalue weighted by Crippen LogP contribution is 2.50. The molecule has 1 heterocycles. The van der Waals surface area contributed by atoms with Crippen LogP contribution in [-0.4, -0.2) is 39.8 Å². The lowest BCUT2D eigenvalue weighted by Gasteiger charge is -2.15. The zero-order valence-corrected chi connectivity index (χ0v) is 11.4. The minimum atomic E-state index is -0.944. The quantitative estimate of drug-likeness (QED) is 0.871. The molecule has 0 bridgehead atoms. The number of ether oxygens (including phenoxy) is 1. The van der Waals surface area contributed by atoms with Gasteiger partial charge in [0, 0.05) is 20.3 Å². The van der Waals surface area contributed by atoms with Crippen molar-refractivity contribution >= 4 is 17.0 Å². The molecule has 6 nitrogen and oxygen atoms in total. The maximum Gasteiger partial charge on any atom is 0.337 e. The van der Waals surface area contributed by atoms with Gasteiger partial charge in [0.05, 0.1) is 5.56 Å². The molecule has 1 aromatic carbocycles. The van der Waals surface area contributed by atoms with Crippen LogP contribution in [0, 0.1) is 5.41 Å². The maximum atomic E-state index is 11.3. The molecule has 1 aliphatic carbocycles. The number of aromatic nitrogens is 3. The summed E-state index contributed by atoms with van der Waals surface area (Å²) in [5.41, 5.74) is 1.70. The molecule has 0 spiro atoms. The van der Waals surface area contributed by atoms with Crippen molar-refractivity contribution in [2.45, 2.75) is 25.8 Å². The van der Waals surface area contributed by atoms with Gasteiger partial charge in [0.2, 0.25) is 0 Å². The van der Waals surface area contributed by atoms with E-state index in [1.165, 1.54) is 0 Å². The van der Waals surface area contributed by atoms with Crippen LogP contribution in [0.1, 0.15) is 29.6 Å². The molecular formula is C14H17N3O3. The van der Waals surface area contributed by atoms with E-state index in [0.717, 1.165) is 25.9 Å². The van der Waals surface area contributed by atoms with Crippen molar-refractivity contribution in [3.05, 3.63) is 23.8 Å². The molecule has 2 aromatic rings. The van der Waals surface area contributed by atoms with Crippen LogP contribution in [0.3, 0.4) is 0 Å². The molecular weight excluding hydrogens is 258 g/mol. The summed E-state index contributed by atoms with van der Waals surface area (Å²) in [4.78, 5) is 11.3. The lowest BCUT2D eigenvalue weighted by Crippen LogP contribution is -2.16. The molecule has 3 rings (SSSR count). The summed E-state index contributed by atoms with van der Waals surface area (Å²) in [6.07, 6.45) is 3.24. The van der Waals surface area contributed by atoms with Gasteiger partial charge < -0.3 is 9.84 Å². The Bertz CT molecular complexity index is 646. The van der Waals surface area contributed by atoms with E-state index in [2.05, 4.69) is 10.3 Å². The summed E-state index contributed by atoms with van der Waals surface area (Å²) in [5.74, 6) is -0.944. The van der Waals surface area contributed by atoms with Gasteiger partial charge >= 0.3 is 5.97 Å². The number of carboxylic acids is 1. The van der Waals surface area contributed by atoms with Gasteiger partial charge in [-0.15, -0.1) is 5.10 Å². The van der Waals surface area contributed by atoms with Crippen LogP contribution in [-0.2, 0) is 11.3 Å². The van der Waals surface area contributed by atoms with Crippen LogP contribution >= 0.6 is 0 Å². The van der Waals surface area contributed by atoms with E-state index in [-0.39, 0.29) is 11.0 Å². The first-order valence-corrected chi connectivity index (χ1v) is 6.70. The van der Waals surface area contributed by atoms with Crippen molar-refractivity contribution in [3.63, 3.8) is 0 Å². The summed E-state index contributed by atoms with van der Waals surface area (Å²) in [7, 11) is 1.70. The first-order chi connectivity index (χ1) is 9.65. The van der Waals surface area contributed by atoms with E-state index >= 15 is 0 Å². The molecule has 20 heavy (non-hydrogen) atoms. The molecule has 1 saturated carbocycles. The van der Waals surface area contributed by atoms with Gasteiger partial charge in [-0.3, -0.25) is 0 Å². The number of hydrogen-bond donors (Lipinski definition) is 1. The number of fused-ring (bicyclic) bond motifs is 1. The highest BCUT2D eigenvalue weighted by Gasteiger charge is 2.43. The van der Waals surface area contributed by atoms with Crippen LogP contribution < -0.4 is 0 Å². The van der Waals surface area contributed by atoms with E-state index in [4.69, 9.17) is 4.74 Å². The van der Waals surface area contributed by atoms with Crippen molar-refractivity contribution in [3.8, 4) is 0 Å². The Morgan fingerprint density at radius 3 is 2.95 bits per heavy atom. The first kappa shape index (κ1) is 13.1. The maximum absolute atomic E-state index is 11.3. The van der Waals surface area contributed by atoms with Crippen LogP contribution in [0.4, 0.5) is 0 Å². The summed E-state index contributed by atoms with van der Waals surface area (Å²) in [6, 6.07) is 5.09. The topological polar surface area (TPSA) is 77.2 Å². The molecule has 0 amide bonds. The van der Waals surface area contributed by atoms with Gasteiger partial charge in [-0.2, -0.15) is 0 Å². The molecule has 0 saturated heterocycles. The minimum Gasteiger partial charge on any atom is -0.478 e. The molecule has 0 radical (unpaired) electrons. The second-order valence-electron chi connectivity index (χ2n) is 5.47. The average molecular weight is 275 g/mol. The Morgan fingerprint density at radius 2 is 2.30 bits per heavy atom.